The molecule has 3 aromatic carbocycles. The van der Waals surface area contributed by atoms with Crippen LogP contribution in [0.5, 0.6) is 5.75 Å². The lowest BCUT2D eigenvalue weighted by atomic mass is 10.1. The summed E-state index contributed by atoms with van der Waals surface area (Å²) in [6, 6.07) is 22.3. The van der Waals surface area contributed by atoms with Gasteiger partial charge in [0.05, 0.1) is 5.52 Å². The number of ether oxygens (including phenoxy) is 1. The zero-order valence-corrected chi connectivity index (χ0v) is 16.3. The third-order valence-corrected chi connectivity index (χ3v) is 4.99. The molecule has 2 heterocycles. The summed E-state index contributed by atoms with van der Waals surface area (Å²) in [4.78, 5) is 9.22. The molecule has 0 atom stereocenters. The van der Waals surface area contributed by atoms with Crippen molar-refractivity contribution in [2.45, 2.75) is 20.5 Å². The molecule has 0 spiro atoms. The van der Waals surface area contributed by atoms with Crippen LogP contribution in [0.4, 0.5) is 0 Å². The number of hydrogen-bond acceptors (Lipinski definition) is 4. The Balaban J connectivity index is 1.45. The summed E-state index contributed by atoms with van der Waals surface area (Å²) in [5.41, 5.74) is 6.13. The Morgan fingerprint density at radius 1 is 0.931 bits per heavy atom. The van der Waals surface area contributed by atoms with Gasteiger partial charge in [-0.15, -0.1) is 5.10 Å². The van der Waals surface area contributed by atoms with E-state index in [4.69, 9.17) is 9.72 Å². The van der Waals surface area contributed by atoms with E-state index in [1.54, 1.807) is 10.8 Å². The van der Waals surface area contributed by atoms with Crippen LogP contribution in [0.15, 0.2) is 73.1 Å². The Bertz CT molecular complexity index is 1340. The van der Waals surface area contributed by atoms with Crippen molar-refractivity contribution in [3.8, 4) is 17.1 Å². The van der Waals surface area contributed by atoms with Crippen LogP contribution in [0.3, 0.4) is 0 Å². The summed E-state index contributed by atoms with van der Waals surface area (Å²) in [5.74, 6) is 1.58. The Hall–Kier alpha value is -3.73. The van der Waals surface area contributed by atoms with Crippen molar-refractivity contribution in [1.82, 2.24) is 19.6 Å². The van der Waals surface area contributed by atoms with E-state index < -0.39 is 0 Å². The lowest BCUT2D eigenvalue weighted by Crippen LogP contribution is -1.97. The highest BCUT2D eigenvalue weighted by atomic mass is 16.5. The van der Waals surface area contributed by atoms with Crippen LogP contribution in [0.2, 0.25) is 0 Å². The van der Waals surface area contributed by atoms with Crippen LogP contribution >= 0.6 is 0 Å². The number of para-hydroxylation sites is 1. The predicted octanol–water partition coefficient (Wildman–Crippen LogP) is 5.14. The number of rotatable bonds is 4. The van der Waals surface area contributed by atoms with E-state index in [0.29, 0.717) is 12.4 Å². The van der Waals surface area contributed by atoms with Crippen molar-refractivity contribution in [3.63, 3.8) is 0 Å². The third-order valence-electron chi connectivity index (χ3n) is 4.99. The fourth-order valence-electron chi connectivity index (χ4n) is 3.52. The number of hydrogen-bond donors (Lipinski definition) is 0. The summed E-state index contributed by atoms with van der Waals surface area (Å²) in [7, 11) is 0. The van der Waals surface area contributed by atoms with Gasteiger partial charge in [0, 0.05) is 10.9 Å². The quantitative estimate of drug-likeness (QED) is 0.433. The highest BCUT2D eigenvalue weighted by Gasteiger charge is 2.10. The second-order valence-electron chi connectivity index (χ2n) is 7.22. The monoisotopic (exact) mass is 380 g/mol. The summed E-state index contributed by atoms with van der Waals surface area (Å²) in [6.07, 6.45) is 1.71. The first-order valence-corrected chi connectivity index (χ1v) is 9.57. The molecule has 0 N–H and O–H groups in total. The maximum Gasteiger partial charge on any atom is 0.182 e. The number of benzene rings is 3. The van der Waals surface area contributed by atoms with Gasteiger partial charge in [-0.3, -0.25) is 0 Å². The summed E-state index contributed by atoms with van der Waals surface area (Å²) >= 11 is 0. The minimum atomic E-state index is 0.496. The van der Waals surface area contributed by atoms with Gasteiger partial charge in [-0.05, 0) is 49.2 Å². The van der Waals surface area contributed by atoms with Gasteiger partial charge < -0.3 is 4.74 Å². The number of aromatic nitrogens is 4. The maximum atomic E-state index is 6.03. The molecule has 0 bridgehead atoms. The highest BCUT2D eigenvalue weighted by molar-refractivity contribution is 5.91. The first kappa shape index (κ1) is 17.4. The zero-order chi connectivity index (χ0) is 19.8. The highest BCUT2D eigenvalue weighted by Crippen LogP contribution is 2.23. The minimum Gasteiger partial charge on any atom is -0.489 e. The zero-order valence-electron chi connectivity index (χ0n) is 16.3. The van der Waals surface area contributed by atoms with Crippen molar-refractivity contribution < 1.29 is 4.74 Å². The predicted molar refractivity (Wildman–Crippen MR) is 114 cm³/mol. The minimum absolute atomic E-state index is 0.496. The molecule has 0 unspecified atom stereocenters. The third kappa shape index (κ3) is 3.31. The van der Waals surface area contributed by atoms with E-state index in [9.17, 15) is 0 Å². The van der Waals surface area contributed by atoms with Crippen molar-refractivity contribution in [1.29, 1.82) is 0 Å². The van der Waals surface area contributed by atoms with Crippen LogP contribution in [0.25, 0.3) is 27.9 Å². The molecule has 5 rings (SSSR count). The molecule has 0 aliphatic rings. The topological polar surface area (TPSA) is 52.3 Å². The molecule has 0 saturated heterocycles. The van der Waals surface area contributed by atoms with Crippen molar-refractivity contribution >= 4 is 16.6 Å². The molecule has 5 heteroatoms. The molecule has 0 radical (unpaired) electrons. The summed E-state index contributed by atoms with van der Waals surface area (Å²) < 4.78 is 7.76. The maximum absolute atomic E-state index is 6.03. The summed E-state index contributed by atoms with van der Waals surface area (Å²) in [5, 5.41) is 5.61. The molecular weight excluding hydrogens is 360 g/mol. The average molecular weight is 380 g/mol. The molecule has 5 nitrogen and oxygen atoms in total. The normalized spacial score (nSPS) is 11.2. The average Bonchev–Trinajstić information content (AvgIpc) is 3.18. The molecule has 142 valence electrons. The van der Waals surface area contributed by atoms with Gasteiger partial charge in [0.2, 0.25) is 0 Å². The smallest absolute Gasteiger partial charge is 0.182 e. The number of nitrogens with zero attached hydrogens (tertiary/aromatic N) is 4. The molecular formula is C24H20N4O. The molecule has 5 aromatic rings. The molecule has 0 fully saturated rings. The Morgan fingerprint density at radius 2 is 1.83 bits per heavy atom. The Kier molecular flexibility index (Phi) is 4.21. The number of aryl methyl sites for hydroxylation is 2. The van der Waals surface area contributed by atoms with Crippen molar-refractivity contribution in [2.75, 3.05) is 0 Å². The van der Waals surface area contributed by atoms with Gasteiger partial charge in [0.1, 0.15) is 18.7 Å². The van der Waals surface area contributed by atoms with Crippen LogP contribution < -0.4 is 4.74 Å². The second kappa shape index (κ2) is 7.02. The van der Waals surface area contributed by atoms with Crippen molar-refractivity contribution in [2.24, 2.45) is 0 Å². The van der Waals surface area contributed by atoms with E-state index >= 15 is 0 Å². The summed E-state index contributed by atoms with van der Waals surface area (Å²) in [6.45, 7) is 4.65. The lowest BCUT2D eigenvalue weighted by molar-refractivity contribution is 0.304. The largest absolute Gasteiger partial charge is 0.489 e. The molecule has 29 heavy (non-hydrogen) atoms. The fraction of sp³-hybridized carbons (Fsp3) is 0.125. The first-order chi connectivity index (χ1) is 14.2. The van der Waals surface area contributed by atoms with Crippen LogP contribution in [0.1, 0.15) is 16.7 Å². The molecule has 0 aliphatic heterocycles. The standard InChI is InChI=1S/C24H20N4O/c1-16-10-11-22(17(2)12-16)29-14-18-6-5-7-19(13-18)23-26-24-20-8-3-4-9-21(20)25-15-28(24)27-23/h3-13,15H,14H2,1-2H3. The van der Waals surface area contributed by atoms with E-state index in [-0.39, 0.29) is 0 Å². The van der Waals surface area contributed by atoms with Gasteiger partial charge >= 0.3 is 0 Å². The molecule has 2 aromatic heterocycles. The molecule has 0 aliphatic carbocycles. The Morgan fingerprint density at radius 3 is 2.72 bits per heavy atom. The first-order valence-electron chi connectivity index (χ1n) is 9.57. The van der Waals surface area contributed by atoms with Crippen LogP contribution in [-0.2, 0) is 6.61 Å². The number of fused-ring (bicyclic) bond motifs is 3. The lowest BCUT2D eigenvalue weighted by Gasteiger charge is -2.10. The van der Waals surface area contributed by atoms with Gasteiger partial charge in [0.15, 0.2) is 11.5 Å². The molecule has 0 amide bonds. The van der Waals surface area contributed by atoms with Crippen molar-refractivity contribution in [3.05, 3.63) is 89.7 Å². The van der Waals surface area contributed by atoms with Crippen LogP contribution in [-0.4, -0.2) is 19.6 Å². The van der Waals surface area contributed by atoms with Gasteiger partial charge in [-0.1, -0.05) is 48.0 Å². The van der Waals surface area contributed by atoms with E-state index in [2.05, 4.69) is 48.2 Å². The van der Waals surface area contributed by atoms with Gasteiger partial charge in [0.25, 0.3) is 0 Å². The van der Waals surface area contributed by atoms with E-state index in [0.717, 1.165) is 39.0 Å². The van der Waals surface area contributed by atoms with E-state index in [1.165, 1.54) is 5.56 Å². The van der Waals surface area contributed by atoms with Gasteiger partial charge in [-0.2, -0.15) is 0 Å². The van der Waals surface area contributed by atoms with Crippen LogP contribution in [0, 0.1) is 13.8 Å². The SMILES string of the molecule is Cc1ccc(OCc2cccc(-c3nc4c5ccccc5ncn4n3)c2)c(C)c1. The Labute approximate surface area is 168 Å². The fourth-order valence-corrected chi connectivity index (χ4v) is 3.52. The van der Waals surface area contributed by atoms with Gasteiger partial charge in [-0.25, -0.2) is 14.5 Å². The molecule has 0 saturated carbocycles. The second-order valence-corrected chi connectivity index (χ2v) is 7.22. The van der Waals surface area contributed by atoms with E-state index in [1.807, 2.05) is 42.5 Å².